The fraction of sp³-hybridized carbons (Fsp3) is 0.111. The number of aromatic amines is 1. The number of ether oxygens (including phenoxy) is 1. The summed E-state index contributed by atoms with van der Waals surface area (Å²) < 4.78 is 7.95. The van der Waals surface area contributed by atoms with Crippen LogP contribution in [0.3, 0.4) is 0 Å². The Hall–Kier alpha value is -3.92. The van der Waals surface area contributed by atoms with E-state index in [0.717, 1.165) is 5.56 Å². The molecule has 28 heavy (non-hydrogen) atoms. The van der Waals surface area contributed by atoms with Crippen LogP contribution in [0.5, 0.6) is 0 Å². The van der Waals surface area contributed by atoms with Crippen LogP contribution in [0.25, 0.3) is 34.0 Å². The summed E-state index contributed by atoms with van der Waals surface area (Å²) in [6.45, 7) is 0.265. The van der Waals surface area contributed by atoms with E-state index in [1.807, 2.05) is 30.3 Å². The normalized spacial score (nSPS) is 11.5. The van der Waals surface area contributed by atoms with Crippen LogP contribution in [0.2, 0.25) is 0 Å². The molecule has 0 saturated heterocycles. The first-order valence-corrected chi connectivity index (χ1v) is 8.48. The average molecular weight is 374 g/mol. The molecule has 4 heterocycles. The summed E-state index contributed by atoms with van der Waals surface area (Å²) in [7, 11) is 1.57. The van der Waals surface area contributed by atoms with E-state index >= 15 is 0 Å². The molecule has 4 aromatic heterocycles. The predicted molar refractivity (Wildman–Crippen MR) is 100.0 cm³/mol. The van der Waals surface area contributed by atoms with Crippen molar-refractivity contribution in [3.63, 3.8) is 0 Å². The van der Waals surface area contributed by atoms with Crippen molar-refractivity contribution in [3.05, 3.63) is 65.0 Å². The fourth-order valence-electron chi connectivity index (χ4n) is 2.99. The van der Waals surface area contributed by atoms with Gasteiger partial charge in [0.15, 0.2) is 11.6 Å². The number of H-pyrrole nitrogens is 1. The first-order chi connectivity index (χ1) is 13.7. The number of methoxy groups -OCH3 is 1. The lowest BCUT2D eigenvalue weighted by Gasteiger charge is -2.03. The van der Waals surface area contributed by atoms with Gasteiger partial charge in [0.2, 0.25) is 0 Å². The van der Waals surface area contributed by atoms with E-state index in [1.165, 1.54) is 15.3 Å². The lowest BCUT2D eigenvalue weighted by atomic mass is 10.2. The van der Waals surface area contributed by atoms with Gasteiger partial charge in [-0.2, -0.15) is 14.5 Å². The van der Waals surface area contributed by atoms with Crippen LogP contribution >= 0.6 is 0 Å². The minimum absolute atomic E-state index is 0.254. The molecule has 1 N–H and O–H groups in total. The SMILES string of the molecule is COCc1nc2ncc3c(=O)n(-c4n[nH]c(-c5ccccc5)n4)ccc3n2n1. The van der Waals surface area contributed by atoms with E-state index in [0.29, 0.717) is 28.3 Å². The third-order valence-electron chi connectivity index (χ3n) is 4.29. The van der Waals surface area contributed by atoms with Crippen molar-refractivity contribution in [2.75, 3.05) is 7.11 Å². The molecule has 0 unspecified atom stereocenters. The van der Waals surface area contributed by atoms with E-state index in [9.17, 15) is 4.79 Å². The van der Waals surface area contributed by atoms with Gasteiger partial charge in [0.05, 0.1) is 10.9 Å². The van der Waals surface area contributed by atoms with Gasteiger partial charge in [-0.1, -0.05) is 30.3 Å². The number of benzene rings is 1. The van der Waals surface area contributed by atoms with Crippen LogP contribution in [0.4, 0.5) is 0 Å². The Morgan fingerprint density at radius 3 is 2.82 bits per heavy atom. The fourth-order valence-corrected chi connectivity index (χ4v) is 2.99. The van der Waals surface area contributed by atoms with E-state index in [-0.39, 0.29) is 18.1 Å². The Morgan fingerprint density at radius 1 is 1.14 bits per heavy atom. The molecule has 0 atom stereocenters. The number of pyridine rings is 1. The van der Waals surface area contributed by atoms with Crippen LogP contribution in [-0.2, 0) is 11.3 Å². The standard InChI is InChI=1S/C18H14N8O2/c1-28-10-14-20-17-19-9-12-13(26(17)24-14)7-8-25(16(12)27)18-21-15(22-23-18)11-5-3-2-4-6-11/h2-9H,10H2,1H3,(H,21,22,23). The molecule has 1 aromatic carbocycles. The largest absolute Gasteiger partial charge is 0.377 e. The predicted octanol–water partition coefficient (Wildman–Crippen LogP) is 1.36. The Morgan fingerprint density at radius 2 is 2.00 bits per heavy atom. The van der Waals surface area contributed by atoms with Crippen molar-refractivity contribution >= 4 is 16.7 Å². The highest BCUT2D eigenvalue weighted by Gasteiger charge is 2.14. The van der Waals surface area contributed by atoms with E-state index in [4.69, 9.17) is 4.74 Å². The maximum atomic E-state index is 13.0. The number of hydrogen-bond donors (Lipinski definition) is 1. The Labute approximate surface area is 157 Å². The van der Waals surface area contributed by atoms with Crippen molar-refractivity contribution < 1.29 is 4.74 Å². The second-order valence-corrected chi connectivity index (χ2v) is 6.07. The van der Waals surface area contributed by atoms with E-state index in [2.05, 4.69) is 30.2 Å². The maximum absolute atomic E-state index is 13.0. The maximum Gasteiger partial charge on any atom is 0.268 e. The van der Waals surface area contributed by atoms with Crippen molar-refractivity contribution in [1.82, 2.24) is 39.3 Å². The minimum atomic E-state index is -0.297. The van der Waals surface area contributed by atoms with Crippen molar-refractivity contribution in [2.24, 2.45) is 0 Å². The highest BCUT2D eigenvalue weighted by molar-refractivity contribution is 5.78. The van der Waals surface area contributed by atoms with Crippen LogP contribution < -0.4 is 5.56 Å². The summed E-state index contributed by atoms with van der Waals surface area (Å²) in [5.41, 5.74) is 1.18. The van der Waals surface area contributed by atoms with Crippen LogP contribution in [0.1, 0.15) is 5.82 Å². The summed E-state index contributed by atoms with van der Waals surface area (Å²) >= 11 is 0. The number of nitrogens with zero attached hydrogens (tertiary/aromatic N) is 7. The molecule has 0 amide bonds. The number of hydrogen-bond acceptors (Lipinski definition) is 7. The quantitative estimate of drug-likeness (QED) is 0.505. The van der Waals surface area contributed by atoms with Crippen molar-refractivity contribution in [3.8, 4) is 17.3 Å². The minimum Gasteiger partial charge on any atom is -0.377 e. The first kappa shape index (κ1) is 16.3. The third kappa shape index (κ3) is 2.55. The lowest BCUT2D eigenvalue weighted by Crippen LogP contribution is -2.20. The molecule has 0 radical (unpaired) electrons. The Balaban J connectivity index is 1.63. The molecule has 0 fully saturated rings. The molecule has 0 aliphatic heterocycles. The summed E-state index contributed by atoms with van der Waals surface area (Å²) in [6, 6.07) is 11.3. The molecule has 0 bridgehead atoms. The Bertz CT molecular complexity index is 1350. The summed E-state index contributed by atoms with van der Waals surface area (Å²) in [4.78, 5) is 25.9. The highest BCUT2D eigenvalue weighted by Crippen LogP contribution is 2.16. The van der Waals surface area contributed by atoms with Crippen LogP contribution in [-0.4, -0.2) is 46.4 Å². The molecule has 138 valence electrons. The van der Waals surface area contributed by atoms with E-state index in [1.54, 1.807) is 19.4 Å². The zero-order valence-electron chi connectivity index (χ0n) is 14.8. The zero-order chi connectivity index (χ0) is 19.1. The summed E-state index contributed by atoms with van der Waals surface area (Å²) in [5, 5.41) is 11.8. The van der Waals surface area contributed by atoms with Crippen LogP contribution in [0, 0.1) is 0 Å². The van der Waals surface area contributed by atoms with Crippen molar-refractivity contribution in [2.45, 2.75) is 6.61 Å². The lowest BCUT2D eigenvalue weighted by molar-refractivity contribution is 0.178. The average Bonchev–Trinajstić information content (AvgIpc) is 3.36. The number of fused-ring (bicyclic) bond motifs is 3. The molecule has 10 heteroatoms. The monoisotopic (exact) mass is 374 g/mol. The summed E-state index contributed by atoms with van der Waals surface area (Å²) in [5.74, 6) is 1.73. The topological polar surface area (TPSA) is 116 Å². The molecular weight excluding hydrogens is 360 g/mol. The Kier molecular flexibility index (Phi) is 3.69. The number of aromatic nitrogens is 8. The second-order valence-electron chi connectivity index (χ2n) is 6.07. The number of rotatable bonds is 4. The van der Waals surface area contributed by atoms with Crippen LogP contribution in [0.15, 0.2) is 53.6 Å². The van der Waals surface area contributed by atoms with Gasteiger partial charge in [0.1, 0.15) is 6.61 Å². The van der Waals surface area contributed by atoms with Crippen molar-refractivity contribution in [1.29, 1.82) is 0 Å². The van der Waals surface area contributed by atoms with Gasteiger partial charge in [-0.3, -0.25) is 9.89 Å². The van der Waals surface area contributed by atoms with Gasteiger partial charge in [-0.15, -0.1) is 10.2 Å². The second kappa shape index (κ2) is 6.35. The highest BCUT2D eigenvalue weighted by atomic mass is 16.5. The molecule has 5 rings (SSSR count). The smallest absolute Gasteiger partial charge is 0.268 e. The van der Waals surface area contributed by atoms with E-state index < -0.39 is 0 Å². The molecule has 0 saturated carbocycles. The van der Waals surface area contributed by atoms with Gasteiger partial charge in [-0.05, 0) is 6.07 Å². The molecule has 10 nitrogen and oxygen atoms in total. The molecule has 5 aromatic rings. The zero-order valence-corrected chi connectivity index (χ0v) is 14.8. The summed E-state index contributed by atoms with van der Waals surface area (Å²) in [6.07, 6.45) is 3.10. The van der Waals surface area contributed by atoms with Gasteiger partial charge in [-0.25, -0.2) is 9.55 Å². The third-order valence-corrected chi connectivity index (χ3v) is 4.29. The first-order valence-electron chi connectivity index (χ1n) is 8.48. The van der Waals surface area contributed by atoms with Gasteiger partial charge in [0.25, 0.3) is 17.3 Å². The van der Waals surface area contributed by atoms with Gasteiger partial charge in [0, 0.05) is 25.1 Å². The van der Waals surface area contributed by atoms with Gasteiger partial charge < -0.3 is 4.74 Å². The van der Waals surface area contributed by atoms with Gasteiger partial charge >= 0.3 is 0 Å². The molecular formula is C18H14N8O2. The molecule has 0 aliphatic carbocycles. The molecule has 0 aliphatic rings. The number of nitrogens with one attached hydrogen (secondary N) is 1. The molecule has 0 spiro atoms.